The van der Waals surface area contributed by atoms with Crippen LogP contribution < -0.4 is 0 Å². The molecule has 0 aliphatic carbocycles. The van der Waals surface area contributed by atoms with Crippen LogP contribution in [0.25, 0.3) is 10.6 Å². The molecule has 0 aliphatic rings. The molecule has 0 spiro atoms. The van der Waals surface area contributed by atoms with Crippen LogP contribution in [-0.2, 0) is 11.3 Å². The van der Waals surface area contributed by atoms with Gasteiger partial charge in [-0.05, 0) is 5.56 Å². The van der Waals surface area contributed by atoms with E-state index >= 15 is 0 Å². The van der Waals surface area contributed by atoms with Gasteiger partial charge in [-0.15, -0.1) is 11.3 Å². The third-order valence-electron chi connectivity index (χ3n) is 2.40. The van der Waals surface area contributed by atoms with Gasteiger partial charge in [0.2, 0.25) is 0 Å². The first-order chi connectivity index (χ1) is 8.22. The number of nitrogens with zero attached hydrogens (tertiary/aromatic N) is 1. The Morgan fingerprint density at radius 3 is 2.82 bits per heavy atom. The van der Waals surface area contributed by atoms with Crippen LogP contribution in [0.2, 0.25) is 0 Å². The quantitative estimate of drug-likeness (QED) is 0.779. The van der Waals surface area contributed by atoms with Crippen LogP contribution in [0.5, 0.6) is 0 Å². The SMILES string of the molecule is COCc1ccccc1-c1ncc(C(C)=O)s1. The van der Waals surface area contributed by atoms with Crippen molar-refractivity contribution in [1.29, 1.82) is 0 Å². The van der Waals surface area contributed by atoms with Gasteiger partial charge in [0, 0.05) is 25.8 Å². The number of methoxy groups -OCH3 is 1. The third-order valence-corrected chi connectivity index (χ3v) is 3.53. The lowest BCUT2D eigenvalue weighted by atomic mass is 10.1. The predicted octanol–water partition coefficient (Wildman–Crippen LogP) is 3.16. The highest BCUT2D eigenvalue weighted by molar-refractivity contribution is 7.16. The summed E-state index contributed by atoms with van der Waals surface area (Å²) >= 11 is 1.42. The molecule has 4 heteroatoms. The predicted molar refractivity (Wildman–Crippen MR) is 68.3 cm³/mol. The lowest BCUT2D eigenvalue weighted by Crippen LogP contribution is -1.90. The first-order valence-corrected chi connectivity index (χ1v) is 6.08. The molecule has 2 aromatic rings. The van der Waals surface area contributed by atoms with Gasteiger partial charge in [0.05, 0.1) is 11.5 Å². The van der Waals surface area contributed by atoms with E-state index in [2.05, 4.69) is 4.98 Å². The Kier molecular flexibility index (Phi) is 3.66. The molecule has 0 N–H and O–H groups in total. The van der Waals surface area contributed by atoms with Gasteiger partial charge >= 0.3 is 0 Å². The summed E-state index contributed by atoms with van der Waals surface area (Å²) in [5.74, 6) is 0.0537. The van der Waals surface area contributed by atoms with E-state index in [4.69, 9.17) is 4.74 Å². The Hall–Kier alpha value is -1.52. The molecule has 0 saturated carbocycles. The zero-order chi connectivity index (χ0) is 12.3. The second-order valence-corrected chi connectivity index (χ2v) is 4.71. The number of hydrogen-bond donors (Lipinski definition) is 0. The smallest absolute Gasteiger partial charge is 0.171 e. The van der Waals surface area contributed by atoms with E-state index in [1.807, 2.05) is 24.3 Å². The minimum Gasteiger partial charge on any atom is -0.380 e. The summed E-state index contributed by atoms with van der Waals surface area (Å²) in [7, 11) is 1.67. The van der Waals surface area contributed by atoms with Gasteiger partial charge in [0.25, 0.3) is 0 Å². The van der Waals surface area contributed by atoms with Crippen LogP contribution >= 0.6 is 11.3 Å². The zero-order valence-electron chi connectivity index (χ0n) is 9.77. The molecule has 0 unspecified atom stereocenters. The molecule has 1 heterocycles. The molecule has 88 valence electrons. The van der Waals surface area contributed by atoms with Crippen molar-refractivity contribution in [2.24, 2.45) is 0 Å². The van der Waals surface area contributed by atoms with Crippen LogP contribution in [0.3, 0.4) is 0 Å². The highest BCUT2D eigenvalue weighted by Crippen LogP contribution is 2.28. The number of carbonyl (C=O) groups excluding carboxylic acids is 1. The fourth-order valence-corrected chi connectivity index (χ4v) is 2.44. The molecule has 0 bridgehead atoms. The first kappa shape index (κ1) is 12.0. The average molecular weight is 247 g/mol. The topological polar surface area (TPSA) is 39.2 Å². The molecule has 2 rings (SSSR count). The van der Waals surface area contributed by atoms with Crippen molar-refractivity contribution in [1.82, 2.24) is 4.98 Å². The van der Waals surface area contributed by atoms with E-state index < -0.39 is 0 Å². The molecule has 0 atom stereocenters. The van der Waals surface area contributed by atoms with Gasteiger partial charge in [-0.25, -0.2) is 4.98 Å². The maximum absolute atomic E-state index is 11.2. The van der Waals surface area contributed by atoms with E-state index in [-0.39, 0.29) is 5.78 Å². The zero-order valence-corrected chi connectivity index (χ0v) is 10.6. The largest absolute Gasteiger partial charge is 0.380 e. The number of thiazole rings is 1. The first-order valence-electron chi connectivity index (χ1n) is 5.26. The summed E-state index contributed by atoms with van der Waals surface area (Å²) in [5.41, 5.74) is 2.12. The fraction of sp³-hybridized carbons (Fsp3) is 0.231. The summed E-state index contributed by atoms with van der Waals surface area (Å²) in [6.07, 6.45) is 1.63. The number of hydrogen-bond acceptors (Lipinski definition) is 4. The van der Waals surface area contributed by atoms with E-state index in [1.165, 1.54) is 11.3 Å². The van der Waals surface area contributed by atoms with Crippen molar-refractivity contribution in [2.75, 3.05) is 7.11 Å². The van der Waals surface area contributed by atoms with Gasteiger partial charge in [0.15, 0.2) is 5.78 Å². The van der Waals surface area contributed by atoms with Crippen LogP contribution in [0.4, 0.5) is 0 Å². The lowest BCUT2D eigenvalue weighted by molar-refractivity contribution is 0.102. The highest BCUT2D eigenvalue weighted by Gasteiger charge is 2.10. The van der Waals surface area contributed by atoms with Crippen molar-refractivity contribution in [3.8, 4) is 10.6 Å². The van der Waals surface area contributed by atoms with E-state index in [0.717, 1.165) is 16.1 Å². The van der Waals surface area contributed by atoms with Gasteiger partial charge in [-0.1, -0.05) is 24.3 Å². The molecule has 0 radical (unpaired) electrons. The summed E-state index contributed by atoms with van der Waals surface area (Å²) in [5, 5.41) is 0.864. The van der Waals surface area contributed by atoms with Crippen molar-refractivity contribution in [2.45, 2.75) is 13.5 Å². The number of ketones is 1. The monoisotopic (exact) mass is 247 g/mol. The number of benzene rings is 1. The molecule has 0 saturated heterocycles. The summed E-state index contributed by atoms with van der Waals surface area (Å²) in [6, 6.07) is 7.94. The molecule has 17 heavy (non-hydrogen) atoms. The molecular formula is C13H13NO2S. The van der Waals surface area contributed by atoms with Gasteiger partial charge in [-0.2, -0.15) is 0 Å². The Morgan fingerprint density at radius 1 is 1.41 bits per heavy atom. The minimum atomic E-state index is 0.0537. The molecular weight excluding hydrogens is 234 g/mol. The summed E-state index contributed by atoms with van der Waals surface area (Å²) in [4.78, 5) is 16.2. The number of rotatable bonds is 4. The van der Waals surface area contributed by atoms with Crippen molar-refractivity contribution in [3.05, 3.63) is 40.9 Å². The Morgan fingerprint density at radius 2 is 2.18 bits per heavy atom. The molecule has 0 amide bonds. The van der Waals surface area contributed by atoms with Crippen molar-refractivity contribution in [3.63, 3.8) is 0 Å². The fourth-order valence-electron chi connectivity index (χ4n) is 1.57. The molecule has 1 aromatic heterocycles. The van der Waals surface area contributed by atoms with Gasteiger partial charge in [0.1, 0.15) is 5.01 Å². The number of carbonyl (C=O) groups is 1. The Balaban J connectivity index is 2.41. The van der Waals surface area contributed by atoms with Crippen LogP contribution in [0.15, 0.2) is 30.5 Å². The van der Waals surface area contributed by atoms with Crippen molar-refractivity contribution >= 4 is 17.1 Å². The maximum Gasteiger partial charge on any atom is 0.171 e. The highest BCUT2D eigenvalue weighted by atomic mass is 32.1. The standard InChI is InChI=1S/C13H13NO2S/c1-9(15)12-7-14-13(17-12)11-6-4-3-5-10(11)8-16-2/h3-7H,8H2,1-2H3. The van der Waals surface area contributed by atoms with Crippen molar-refractivity contribution < 1.29 is 9.53 Å². The van der Waals surface area contributed by atoms with Gasteiger partial charge < -0.3 is 4.74 Å². The average Bonchev–Trinajstić information content (AvgIpc) is 2.79. The second kappa shape index (κ2) is 5.21. The number of Topliss-reactive ketones (excluding diaryl/α,β-unsaturated/α-hetero) is 1. The maximum atomic E-state index is 11.2. The van der Waals surface area contributed by atoms with Crippen LogP contribution in [-0.4, -0.2) is 17.9 Å². The number of ether oxygens (including phenoxy) is 1. The van der Waals surface area contributed by atoms with E-state index in [1.54, 1.807) is 20.2 Å². The van der Waals surface area contributed by atoms with Gasteiger partial charge in [-0.3, -0.25) is 4.79 Å². The van der Waals surface area contributed by atoms with Crippen LogP contribution in [0, 0.1) is 0 Å². The molecule has 0 fully saturated rings. The van der Waals surface area contributed by atoms with E-state index in [0.29, 0.717) is 11.5 Å². The van der Waals surface area contributed by atoms with E-state index in [9.17, 15) is 4.79 Å². The van der Waals surface area contributed by atoms with Crippen LogP contribution in [0.1, 0.15) is 22.2 Å². The molecule has 3 nitrogen and oxygen atoms in total. The Bertz CT molecular complexity index is 534. The molecule has 1 aromatic carbocycles. The molecule has 0 aliphatic heterocycles. The Labute approximate surface area is 104 Å². The summed E-state index contributed by atoms with van der Waals surface area (Å²) < 4.78 is 5.15. The lowest BCUT2D eigenvalue weighted by Gasteiger charge is -2.05. The second-order valence-electron chi connectivity index (χ2n) is 3.68. The summed E-state index contributed by atoms with van der Waals surface area (Å²) in [6.45, 7) is 2.10. The number of aromatic nitrogens is 1. The third kappa shape index (κ3) is 2.60. The normalized spacial score (nSPS) is 10.5. The minimum absolute atomic E-state index is 0.0537.